The minimum atomic E-state index is -3.64. The zero-order valence-corrected chi connectivity index (χ0v) is 19.6. The number of hydrogen-bond acceptors (Lipinski definition) is 6. The number of carbonyl (C=O) groups excluding carboxylic acids is 2. The molecule has 1 saturated heterocycles. The quantitative estimate of drug-likeness (QED) is 0.719. The van der Waals surface area contributed by atoms with Gasteiger partial charge in [0.2, 0.25) is 11.8 Å². The van der Waals surface area contributed by atoms with Crippen molar-refractivity contribution in [3.8, 4) is 0 Å². The number of nitrogens with zero attached hydrogens (tertiary/aromatic N) is 2. The number of piperazine rings is 1. The number of anilines is 2. The van der Waals surface area contributed by atoms with Gasteiger partial charge in [-0.25, -0.2) is 8.42 Å². The summed E-state index contributed by atoms with van der Waals surface area (Å²) < 4.78 is 25.8. The molecular formula is C23H27N3O4S2. The van der Waals surface area contributed by atoms with E-state index in [1.807, 2.05) is 37.3 Å². The molecule has 1 fully saturated rings. The van der Waals surface area contributed by atoms with Crippen LogP contribution in [0.25, 0.3) is 0 Å². The van der Waals surface area contributed by atoms with E-state index in [0.717, 1.165) is 23.7 Å². The van der Waals surface area contributed by atoms with Crippen molar-refractivity contribution in [3.63, 3.8) is 0 Å². The molecule has 2 aromatic rings. The Morgan fingerprint density at radius 2 is 1.81 bits per heavy atom. The monoisotopic (exact) mass is 473 g/mol. The van der Waals surface area contributed by atoms with Crippen molar-refractivity contribution in [2.24, 2.45) is 5.92 Å². The number of para-hydroxylation sites is 1. The fourth-order valence-corrected chi connectivity index (χ4v) is 6.09. The maximum Gasteiger partial charge on any atom is 0.228 e. The number of sulfone groups is 1. The number of benzene rings is 2. The van der Waals surface area contributed by atoms with Crippen molar-refractivity contribution < 1.29 is 18.0 Å². The second-order valence-corrected chi connectivity index (χ2v) is 11.3. The zero-order chi connectivity index (χ0) is 22.7. The number of hydrogen-bond donors (Lipinski definition) is 1. The van der Waals surface area contributed by atoms with E-state index in [0.29, 0.717) is 24.5 Å². The first-order valence-corrected chi connectivity index (χ1v) is 13.4. The van der Waals surface area contributed by atoms with Gasteiger partial charge in [0, 0.05) is 54.9 Å². The molecule has 170 valence electrons. The topological polar surface area (TPSA) is 86.8 Å². The van der Waals surface area contributed by atoms with Crippen molar-refractivity contribution in [2.75, 3.05) is 47.9 Å². The van der Waals surface area contributed by atoms with Crippen molar-refractivity contribution in [2.45, 2.75) is 23.1 Å². The summed E-state index contributed by atoms with van der Waals surface area (Å²) >= 11 is 1.53. The smallest absolute Gasteiger partial charge is 0.228 e. The summed E-state index contributed by atoms with van der Waals surface area (Å²) in [7, 11) is -3.64. The maximum absolute atomic E-state index is 12.9. The number of fused-ring (bicyclic) bond motifs is 1. The Morgan fingerprint density at radius 3 is 2.53 bits per heavy atom. The lowest BCUT2D eigenvalue weighted by Gasteiger charge is -2.36. The van der Waals surface area contributed by atoms with E-state index in [1.165, 1.54) is 17.8 Å². The predicted molar refractivity (Wildman–Crippen MR) is 127 cm³/mol. The fourth-order valence-electron chi connectivity index (χ4n) is 3.82. The normalized spacial score (nSPS) is 19.2. The molecule has 9 heteroatoms. The lowest BCUT2D eigenvalue weighted by atomic mass is 10.2. The molecule has 0 radical (unpaired) electrons. The summed E-state index contributed by atoms with van der Waals surface area (Å²) in [6.07, 6.45) is -0.0527. The molecule has 4 rings (SSSR count). The summed E-state index contributed by atoms with van der Waals surface area (Å²) in [4.78, 5) is 29.7. The molecule has 0 bridgehead atoms. The summed E-state index contributed by atoms with van der Waals surface area (Å²) in [6, 6.07) is 14.9. The Hall–Kier alpha value is -2.52. The van der Waals surface area contributed by atoms with Crippen LogP contribution in [0, 0.1) is 5.92 Å². The minimum Gasteiger partial charge on any atom is -0.368 e. The Morgan fingerprint density at radius 1 is 1.09 bits per heavy atom. The van der Waals surface area contributed by atoms with E-state index in [-0.39, 0.29) is 34.8 Å². The molecule has 2 heterocycles. The van der Waals surface area contributed by atoms with Gasteiger partial charge in [0.15, 0.2) is 9.84 Å². The summed E-state index contributed by atoms with van der Waals surface area (Å²) in [6.45, 7) is 4.45. The average Bonchev–Trinajstić information content (AvgIpc) is 2.95. The second kappa shape index (κ2) is 9.54. The summed E-state index contributed by atoms with van der Waals surface area (Å²) in [5.41, 5.74) is 1.65. The second-order valence-electron chi connectivity index (χ2n) is 8.13. The first kappa shape index (κ1) is 22.7. The van der Waals surface area contributed by atoms with Gasteiger partial charge in [-0.05, 0) is 30.3 Å². The molecule has 2 aliphatic heterocycles. The maximum atomic E-state index is 12.9. The highest BCUT2D eigenvalue weighted by molar-refractivity contribution is 7.99. The van der Waals surface area contributed by atoms with Gasteiger partial charge in [0.1, 0.15) is 0 Å². The van der Waals surface area contributed by atoms with Gasteiger partial charge in [-0.1, -0.05) is 25.1 Å². The van der Waals surface area contributed by atoms with Crippen molar-refractivity contribution in [3.05, 3.63) is 48.5 Å². The number of carbonyl (C=O) groups is 2. The third kappa shape index (κ3) is 5.10. The molecule has 7 nitrogen and oxygen atoms in total. The highest BCUT2D eigenvalue weighted by Crippen LogP contribution is 2.34. The molecule has 1 atom stereocenters. The van der Waals surface area contributed by atoms with Crippen LogP contribution in [-0.2, 0) is 19.4 Å². The van der Waals surface area contributed by atoms with E-state index in [9.17, 15) is 18.0 Å². The molecule has 0 unspecified atom stereocenters. The molecular weight excluding hydrogens is 446 g/mol. The lowest BCUT2D eigenvalue weighted by Crippen LogP contribution is -2.49. The van der Waals surface area contributed by atoms with Crippen LogP contribution in [0.1, 0.15) is 13.3 Å². The third-order valence-electron chi connectivity index (χ3n) is 5.84. The van der Waals surface area contributed by atoms with Gasteiger partial charge in [-0.3, -0.25) is 9.59 Å². The number of nitrogens with one attached hydrogen (secondary N) is 1. The van der Waals surface area contributed by atoms with E-state index >= 15 is 0 Å². The number of rotatable bonds is 5. The molecule has 1 N–H and O–H groups in total. The molecule has 32 heavy (non-hydrogen) atoms. The molecule has 2 amide bonds. The first-order chi connectivity index (χ1) is 15.3. The van der Waals surface area contributed by atoms with Crippen molar-refractivity contribution in [1.29, 1.82) is 0 Å². The van der Waals surface area contributed by atoms with Gasteiger partial charge in [-0.15, -0.1) is 11.8 Å². The van der Waals surface area contributed by atoms with Crippen LogP contribution in [0.2, 0.25) is 0 Å². The Bertz CT molecular complexity index is 1100. The van der Waals surface area contributed by atoms with Crippen LogP contribution < -0.4 is 10.2 Å². The third-order valence-corrected chi connectivity index (χ3v) is 8.89. The molecule has 2 aromatic carbocycles. The molecule has 2 aliphatic rings. The molecule has 0 aliphatic carbocycles. The van der Waals surface area contributed by atoms with Crippen LogP contribution >= 0.6 is 11.8 Å². The average molecular weight is 474 g/mol. The highest BCUT2D eigenvalue weighted by Gasteiger charge is 2.25. The van der Waals surface area contributed by atoms with Crippen LogP contribution in [0.5, 0.6) is 0 Å². The molecule has 0 saturated carbocycles. The van der Waals surface area contributed by atoms with E-state index in [2.05, 4.69) is 10.2 Å². The van der Waals surface area contributed by atoms with Crippen LogP contribution in [0.15, 0.2) is 58.3 Å². The van der Waals surface area contributed by atoms with Gasteiger partial charge in [0.25, 0.3) is 0 Å². The minimum absolute atomic E-state index is 0.0527. The van der Waals surface area contributed by atoms with E-state index in [1.54, 1.807) is 17.0 Å². The number of thioether (sulfide) groups is 1. The van der Waals surface area contributed by atoms with Gasteiger partial charge in [-0.2, -0.15) is 0 Å². The largest absolute Gasteiger partial charge is 0.368 e. The van der Waals surface area contributed by atoms with E-state index in [4.69, 9.17) is 0 Å². The van der Waals surface area contributed by atoms with E-state index < -0.39 is 9.84 Å². The Kier molecular flexibility index (Phi) is 6.76. The summed E-state index contributed by atoms with van der Waals surface area (Å²) in [5, 5.41) is 2.81. The lowest BCUT2D eigenvalue weighted by molar-refractivity contribution is -0.131. The summed E-state index contributed by atoms with van der Waals surface area (Å²) in [5.74, 6) is -0.00498. The molecule has 0 aromatic heterocycles. The van der Waals surface area contributed by atoms with Crippen LogP contribution in [0.3, 0.4) is 0 Å². The zero-order valence-electron chi connectivity index (χ0n) is 18.0. The van der Waals surface area contributed by atoms with Crippen molar-refractivity contribution in [1.82, 2.24) is 4.90 Å². The Labute approximate surface area is 193 Å². The fraction of sp³-hybridized carbons (Fsp3) is 0.391. The predicted octanol–water partition coefficient (Wildman–Crippen LogP) is 2.88. The van der Waals surface area contributed by atoms with Crippen LogP contribution in [-0.4, -0.2) is 62.8 Å². The highest BCUT2D eigenvalue weighted by atomic mass is 32.2. The molecule has 0 spiro atoms. The first-order valence-electron chi connectivity index (χ1n) is 10.7. The SMILES string of the molecule is C[C@H]1CSc2ccc(S(=O)(=O)CCC(=O)N3CCN(c4ccccc4)CC3)cc2NC1=O. The van der Waals surface area contributed by atoms with Crippen molar-refractivity contribution >= 4 is 44.8 Å². The van der Waals surface area contributed by atoms with Crippen LogP contribution in [0.4, 0.5) is 11.4 Å². The van der Waals surface area contributed by atoms with Gasteiger partial charge in [0.05, 0.1) is 16.3 Å². The number of amides is 2. The van der Waals surface area contributed by atoms with Gasteiger partial charge >= 0.3 is 0 Å². The Balaban J connectivity index is 1.35. The standard InChI is InChI=1S/C23H27N3O4S2/c1-17-16-31-21-8-7-19(15-20(21)24-23(17)28)32(29,30)14-9-22(27)26-12-10-25(11-13-26)18-5-3-2-4-6-18/h2-8,15,17H,9-14,16H2,1H3,(H,24,28)/t17-/m0/s1. The van der Waals surface area contributed by atoms with Gasteiger partial charge < -0.3 is 15.1 Å².